The van der Waals surface area contributed by atoms with Gasteiger partial charge in [-0.05, 0) is 32.1 Å². The summed E-state index contributed by atoms with van der Waals surface area (Å²) in [7, 11) is 0. The minimum atomic E-state index is 0. The van der Waals surface area contributed by atoms with Crippen LogP contribution in [-0.4, -0.2) is 43.2 Å². The first-order chi connectivity index (χ1) is 8.65. The first-order valence-corrected chi connectivity index (χ1v) is 7.26. The Morgan fingerprint density at radius 1 is 1.47 bits per heavy atom. The average Bonchev–Trinajstić information content (AvgIpc) is 2.38. The van der Waals surface area contributed by atoms with Crippen LogP contribution in [0.4, 0.5) is 0 Å². The van der Waals surface area contributed by atoms with Crippen LogP contribution < -0.4 is 5.73 Å². The maximum atomic E-state index is 12.0. The van der Waals surface area contributed by atoms with Gasteiger partial charge in [0, 0.05) is 25.7 Å². The van der Waals surface area contributed by atoms with Crippen LogP contribution in [0.15, 0.2) is 0 Å². The number of carbonyl (C=O) groups is 1. The molecule has 1 aliphatic heterocycles. The van der Waals surface area contributed by atoms with Gasteiger partial charge in [-0.25, -0.2) is 0 Å². The standard InChI is InChI=1S/C14H28N2O2.ClH/c1-3-4-5-9-18-11-14(17)16-8-6-7-13(10-16)12(2)15;/h12-13H,3-11,15H2,1-2H3;1H. The topological polar surface area (TPSA) is 55.6 Å². The number of rotatable bonds is 7. The van der Waals surface area contributed by atoms with Crippen LogP contribution in [0.25, 0.3) is 0 Å². The molecule has 4 nitrogen and oxygen atoms in total. The number of likely N-dealkylation sites (tertiary alicyclic amines) is 1. The van der Waals surface area contributed by atoms with Crippen molar-refractivity contribution in [3.8, 4) is 0 Å². The lowest BCUT2D eigenvalue weighted by Crippen LogP contribution is -2.46. The molecular formula is C14H29ClN2O2. The summed E-state index contributed by atoms with van der Waals surface area (Å²) in [5, 5.41) is 0. The monoisotopic (exact) mass is 292 g/mol. The zero-order valence-corrected chi connectivity index (χ0v) is 13.1. The molecule has 2 N–H and O–H groups in total. The third-order valence-electron chi connectivity index (χ3n) is 3.67. The van der Waals surface area contributed by atoms with Gasteiger partial charge in [-0.15, -0.1) is 12.4 Å². The lowest BCUT2D eigenvalue weighted by atomic mass is 9.92. The minimum absolute atomic E-state index is 0. The molecule has 19 heavy (non-hydrogen) atoms. The van der Waals surface area contributed by atoms with Crippen LogP contribution in [0, 0.1) is 5.92 Å². The highest BCUT2D eigenvalue weighted by Gasteiger charge is 2.25. The quantitative estimate of drug-likeness (QED) is 0.732. The van der Waals surface area contributed by atoms with E-state index >= 15 is 0 Å². The predicted octanol–water partition coefficient (Wildman–Crippen LogP) is 2.20. The van der Waals surface area contributed by atoms with Gasteiger partial charge in [0.05, 0.1) is 0 Å². The highest BCUT2D eigenvalue weighted by molar-refractivity contribution is 5.85. The molecule has 0 radical (unpaired) electrons. The number of halogens is 1. The fraction of sp³-hybridized carbons (Fsp3) is 0.929. The molecule has 0 aromatic carbocycles. The van der Waals surface area contributed by atoms with Crippen LogP contribution in [0.1, 0.15) is 46.0 Å². The first-order valence-electron chi connectivity index (χ1n) is 7.26. The molecule has 1 fully saturated rings. The summed E-state index contributed by atoms with van der Waals surface area (Å²) in [4.78, 5) is 13.9. The van der Waals surface area contributed by atoms with Crippen molar-refractivity contribution in [2.45, 2.75) is 52.0 Å². The van der Waals surface area contributed by atoms with Crippen LogP contribution >= 0.6 is 12.4 Å². The van der Waals surface area contributed by atoms with Gasteiger partial charge in [-0.1, -0.05) is 19.8 Å². The lowest BCUT2D eigenvalue weighted by Gasteiger charge is -2.34. The number of nitrogens with zero attached hydrogens (tertiary/aromatic N) is 1. The van der Waals surface area contributed by atoms with Gasteiger partial charge in [0.25, 0.3) is 0 Å². The van der Waals surface area contributed by atoms with Gasteiger partial charge in [0.2, 0.25) is 5.91 Å². The third kappa shape index (κ3) is 7.14. The number of hydrogen-bond acceptors (Lipinski definition) is 3. The lowest BCUT2D eigenvalue weighted by molar-refractivity contribution is -0.138. The molecule has 0 bridgehead atoms. The van der Waals surface area contributed by atoms with E-state index in [4.69, 9.17) is 10.5 Å². The van der Waals surface area contributed by atoms with Crippen molar-refractivity contribution >= 4 is 18.3 Å². The summed E-state index contributed by atoms with van der Waals surface area (Å²) in [6.45, 7) is 6.78. The molecule has 1 rings (SSSR count). The molecule has 1 aliphatic rings. The third-order valence-corrected chi connectivity index (χ3v) is 3.67. The van der Waals surface area contributed by atoms with Crippen molar-refractivity contribution in [1.29, 1.82) is 0 Å². The predicted molar refractivity (Wildman–Crippen MR) is 80.5 cm³/mol. The van der Waals surface area contributed by atoms with E-state index in [0.717, 1.165) is 32.4 Å². The molecule has 1 amide bonds. The first kappa shape index (κ1) is 18.7. The zero-order valence-electron chi connectivity index (χ0n) is 12.3. The largest absolute Gasteiger partial charge is 0.372 e. The summed E-state index contributed by atoms with van der Waals surface area (Å²) < 4.78 is 5.42. The van der Waals surface area contributed by atoms with E-state index in [1.54, 1.807) is 0 Å². The van der Waals surface area contributed by atoms with Crippen molar-refractivity contribution in [2.75, 3.05) is 26.3 Å². The maximum absolute atomic E-state index is 12.0. The van der Waals surface area contributed by atoms with E-state index in [1.807, 2.05) is 11.8 Å². The highest BCUT2D eigenvalue weighted by atomic mass is 35.5. The normalized spacial score (nSPS) is 20.8. The molecule has 1 saturated heterocycles. The number of unbranched alkanes of at least 4 members (excludes halogenated alkanes) is 2. The minimum Gasteiger partial charge on any atom is -0.372 e. The van der Waals surface area contributed by atoms with Crippen LogP contribution in [0.3, 0.4) is 0 Å². The fourth-order valence-corrected chi connectivity index (χ4v) is 2.37. The van der Waals surface area contributed by atoms with Gasteiger partial charge in [-0.3, -0.25) is 4.79 Å². The summed E-state index contributed by atoms with van der Waals surface area (Å²) in [6.07, 6.45) is 5.60. The van der Waals surface area contributed by atoms with E-state index < -0.39 is 0 Å². The van der Waals surface area contributed by atoms with Gasteiger partial charge < -0.3 is 15.4 Å². The number of carbonyl (C=O) groups excluding carboxylic acids is 1. The number of piperidine rings is 1. The van der Waals surface area contributed by atoms with Crippen LogP contribution in [0.5, 0.6) is 0 Å². The van der Waals surface area contributed by atoms with Crippen molar-refractivity contribution in [3.05, 3.63) is 0 Å². The van der Waals surface area contributed by atoms with Crippen LogP contribution in [0.2, 0.25) is 0 Å². The molecular weight excluding hydrogens is 264 g/mol. The molecule has 2 atom stereocenters. The summed E-state index contributed by atoms with van der Waals surface area (Å²) in [5.74, 6) is 0.569. The average molecular weight is 293 g/mol. The number of ether oxygens (including phenoxy) is 1. The van der Waals surface area contributed by atoms with E-state index in [2.05, 4.69) is 6.92 Å². The highest BCUT2D eigenvalue weighted by Crippen LogP contribution is 2.18. The van der Waals surface area contributed by atoms with Gasteiger partial charge >= 0.3 is 0 Å². The molecule has 0 aromatic rings. The number of hydrogen-bond donors (Lipinski definition) is 1. The van der Waals surface area contributed by atoms with Crippen molar-refractivity contribution in [1.82, 2.24) is 4.90 Å². The smallest absolute Gasteiger partial charge is 0.248 e. The zero-order chi connectivity index (χ0) is 13.4. The molecule has 1 heterocycles. The summed E-state index contributed by atoms with van der Waals surface area (Å²) in [5.41, 5.74) is 5.92. The Bertz CT molecular complexity index is 250. The second-order valence-corrected chi connectivity index (χ2v) is 5.36. The maximum Gasteiger partial charge on any atom is 0.248 e. The summed E-state index contributed by atoms with van der Waals surface area (Å²) in [6, 6.07) is 0.172. The molecule has 5 heteroatoms. The molecule has 0 spiro atoms. The summed E-state index contributed by atoms with van der Waals surface area (Å²) >= 11 is 0. The Labute approximate surface area is 123 Å². The molecule has 2 unspecified atom stereocenters. The van der Waals surface area contributed by atoms with Gasteiger partial charge in [0.1, 0.15) is 6.61 Å². The molecule has 0 saturated carbocycles. The second-order valence-electron chi connectivity index (χ2n) is 5.36. The van der Waals surface area contributed by atoms with Crippen molar-refractivity contribution in [2.24, 2.45) is 11.7 Å². The van der Waals surface area contributed by atoms with Gasteiger partial charge in [0.15, 0.2) is 0 Å². The van der Waals surface area contributed by atoms with E-state index in [0.29, 0.717) is 12.5 Å². The Kier molecular flexibility index (Phi) is 10.3. The molecule has 114 valence electrons. The van der Waals surface area contributed by atoms with E-state index in [-0.39, 0.29) is 31.0 Å². The van der Waals surface area contributed by atoms with Gasteiger partial charge in [-0.2, -0.15) is 0 Å². The van der Waals surface area contributed by atoms with E-state index in [1.165, 1.54) is 12.8 Å². The Morgan fingerprint density at radius 2 is 2.21 bits per heavy atom. The van der Waals surface area contributed by atoms with Crippen LogP contribution in [-0.2, 0) is 9.53 Å². The Balaban J connectivity index is 0.00000324. The molecule has 0 aliphatic carbocycles. The Hall–Kier alpha value is -0.320. The number of nitrogens with two attached hydrogens (primary N) is 1. The number of amides is 1. The molecule has 0 aromatic heterocycles. The SMILES string of the molecule is CCCCCOCC(=O)N1CCCC(C(C)N)C1.Cl. The van der Waals surface area contributed by atoms with Crippen molar-refractivity contribution in [3.63, 3.8) is 0 Å². The van der Waals surface area contributed by atoms with Crippen molar-refractivity contribution < 1.29 is 9.53 Å². The van der Waals surface area contributed by atoms with E-state index in [9.17, 15) is 4.79 Å². The fourth-order valence-electron chi connectivity index (χ4n) is 2.37. The Morgan fingerprint density at radius 3 is 2.84 bits per heavy atom. The second kappa shape index (κ2) is 10.5.